The Kier molecular flexibility index (Phi) is 5.72. The molecule has 0 radical (unpaired) electrons. The van der Waals surface area contributed by atoms with Crippen molar-refractivity contribution in [2.24, 2.45) is 10.9 Å². The normalized spacial score (nSPS) is 12.1. The molecule has 4 aromatic heterocycles. The van der Waals surface area contributed by atoms with Crippen LogP contribution in [0.25, 0.3) is 16.7 Å². The van der Waals surface area contributed by atoms with Crippen molar-refractivity contribution in [1.29, 1.82) is 0 Å². The van der Waals surface area contributed by atoms with E-state index < -0.39 is 17.8 Å². The zero-order valence-electron chi connectivity index (χ0n) is 17.9. The molecule has 0 N–H and O–H groups in total. The van der Waals surface area contributed by atoms with E-state index >= 15 is 0 Å². The van der Waals surface area contributed by atoms with Gasteiger partial charge in [0.2, 0.25) is 5.91 Å². The highest BCUT2D eigenvalue weighted by molar-refractivity contribution is 5.93. The topological polar surface area (TPSA) is 108 Å². The van der Waals surface area contributed by atoms with Gasteiger partial charge in [-0.15, -0.1) is 0 Å². The van der Waals surface area contributed by atoms with Gasteiger partial charge in [0.1, 0.15) is 22.6 Å². The predicted octanol–water partition coefficient (Wildman–Crippen LogP) is 2.55. The third-order valence-corrected chi connectivity index (χ3v) is 4.89. The summed E-state index contributed by atoms with van der Waals surface area (Å²) in [5.41, 5.74) is 0.420. The quantitative estimate of drug-likeness (QED) is 0.353. The number of fused-ring (bicyclic) bond motifs is 2. The van der Waals surface area contributed by atoms with Crippen molar-refractivity contribution in [3.8, 4) is 0 Å². The number of carbonyl (C=O) groups is 2. The lowest BCUT2D eigenvalue weighted by molar-refractivity contribution is -0.120. The smallest absolute Gasteiger partial charge is 0.341 e. The van der Waals surface area contributed by atoms with Crippen LogP contribution in [0.15, 0.2) is 63.1 Å². The number of esters is 1. The Morgan fingerprint density at radius 3 is 2.72 bits per heavy atom. The Morgan fingerprint density at radius 2 is 2.03 bits per heavy atom. The van der Waals surface area contributed by atoms with E-state index in [0.717, 1.165) is 0 Å². The van der Waals surface area contributed by atoms with E-state index in [-0.39, 0.29) is 40.8 Å². The molecule has 4 heterocycles. The van der Waals surface area contributed by atoms with E-state index in [1.165, 1.54) is 16.7 Å². The van der Waals surface area contributed by atoms with Crippen molar-refractivity contribution >= 4 is 28.6 Å². The van der Waals surface area contributed by atoms with Gasteiger partial charge < -0.3 is 13.7 Å². The van der Waals surface area contributed by atoms with Gasteiger partial charge in [-0.2, -0.15) is 4.99 Å². The molecule has 0 aromatic carbocycles. The number of aromatic nitrogens is 3. The Hall–Kier alpha value is -4.01. The number of hydrogen-bond acceptors (Lipinski definition) is 6. The van der Waals surface area contributed by atoms with E-state index in [1.54, 1.807) is 61.9 Å². The van der Waals surface area contributed by atoms with Gasteiger partial charge in [-0.3, -0.25) is 14.0 Å². The van der Waals surface area contributed by atoms with Gasteiger partial charge in [-0.1, -0.05) is 19.9 Å². The molecule has 0 aliphatic heterocycles. The van der Waals surface area contributed by atoms with Crippen molar-refractivity contribution in [1.82, 2.24) is 14.0 Å². The maximum atomic E-state index is 13.3. The van der Waals surface area contributed by atoms with Gasteiger partial charge in [-0.25, -0.2) is 9.78 Å². The summed E-state index contributed by atoms with van der Waals surface area (Å²) in [4.78, 5) is 47.5. The van der Waals surface area contributed by atoms with E-state index in [4.69, 9.17) is 9.15 Å². The highest BCUT2D eigenvalue weighted by Crippen LogP contribution is 2.14. The molecular weight excluding hydrogens is 412 g/mol. The fourth-order valence-corrected chi connectivity index (χ4v) is 3.30. The van der Waals surface area contributed by atoms with Crippen LogP contribution in [0.5, 0.6) is 0 Å². The zero-order valence-corrected chi connectivity index (χ0v) is 17.9. The minimum Gasteiger partial charge on any atom is -0.467 e. The molecule has 164 valence electrons. The fourth-order valence-electron chi connectivity index (χ4n) is 3.30. The predicted molar refractivity (Wildman–Crippen MR) is 116 cm³/mol. The summed E-state index contributed by atoms with van der Waals surface area (Å²) in [6.07, 6.45) is 3.12. The first-order valence-corrected chi connectivity index (χ1v) is 10.2. The van der Waals surface area contributed by atoms with Crippen LogP contribution >= 0.6 is 0 Å². The molecule has 9 heteroatoms. The van der Waals surface area contributed by atoms with Crippen LogP contribution in [-0.4, -0.2) is 32.4 Å². The van der Waals surface area contributed by atoms with Crippen LogP contribution in [0.2, 0.25) is 0 Å². The highest BCUT2D eigenvalue weighted by atomic mass is 16.5. The number of pyridine rings is 2. The molecular formula is C23H22N4O5. The maximum absolute atomic E-state index is 13.3. The first-order valence-electron chi connectivity index (χ1n) is 10.2. The van der Waals surface area contributed by atoms with Crippen LogP contribution in [-0.2, 0) is 16.1 Å². The molecule has 0 aliphatic carbocycles. The SMILES string of the molecule is CCOC(=O)c1cc2c(=O)n3ccccc3nc2n(Cc2ccco2)c1=NC(=O)C(C)C. The average Bonchev–Trinajstić information content (AvgIpc) is 3.29. The summed E-state index contributed by atoms with van der Waals surface area (Å²) >= 11 is 0. The summed E-state index contributed by atoms with van der Waals surface area (Å²) < 4.78 is 13.6. The van der Waals surface area contributed by atoms with Crippen molar-refractivity contribution in [2.75, 3.05) is 6.61 Å². The van der Waals surface area contributed by atoms with E-state index in [1.807, 2.05) is 0 Å². The molecule has 0 saturated carbocycles. The lowest BCUT2D eigenvalue weighted by atomic mass is 10.2. The number of furan rings is 1. The van der Waals surface area contributed by atoms with Gasteiger partial charge >= 0.3 is 5.97 Å². The molecule has 4 rings (SSSR count). The third-order valence-electron chi connectivity index (χ3n) is 4.89. The van der Waals surface area contributed by atoms with Gasteiger partial charge in [0, 0.05) is 12.1 Å². The number of amides is 1. The second-order valence-electron chi connectivity index (χ2n) is 7.46. The second kappa shape index (κ2) is 8.62. The van der Waals surface area contributed by atoms with Crippen LogP contribution in [0.1, 0.15) is 36.9 Å². The third kappa shape index (κ3) is 3.84. The van der Waals surface area contributed by atoms with E-state index in [0.29, 0.717) is 11.4 Å². The minimum atomic E-state index is -0.685. The number of rotatable bonds is 5. The molecule has 4 aromatic rings. The maximum Gasteiger partial charge on any atom is 0.341 e. The fraction of sp³-hybridized carbons (Fsp3) is 0.261. The minimum absolute atomic E-state index is 0.00897. The Bertz CT molecular complexity index is 1450. The second-order valence-corrected chi connectivity index (χ2v) is 7.46. The molecule has 0 aliphatic rings. The van der Waals surface area contributed by atoms with Crippen molar-refractivity contribution in [3.05, 3.63) is 76.0 Å². The van der Waals surface area contributed by atoms with Crippen LogP contribution in [0.4, 0.5) is 0 Å². The lowest BCUT2D eigenvalue weighted by Crippen LogP contribution is -2.33. The molecule has 0 saturated heterocycles. The molecule has 32 heavy (non-hydrogen) atoms. The number of ether oxygens (including phenoxy) is 1. The van der Waals surface area contributed by atoms with Gasteiger partial charge in [-0.05, 0) is 37.3 Å². The van der Waals surface area contributed by atoms with Crippen LogP contribution < -0.4 is 11.0 Å². The van der Waals surface area contributed by atoms with Gasteiger partial charge in [0.15, 0.2) is 5.49 Å². The summed E-state index contributed by atoms with van der Waals surface area (Å²) in [5.74, 6) is -0.954. The molecule has 9 nitrogen and oxygen atoms in total. The van der Waals surface area contributed by atoms with Crippen molar-refractivity contribution in [3.63, 3.8) is 0 Å². The number of nitrogens with zero attached hydrogens (tertiary/aromatic N) is 4. The summed E-state index contributed by atoms with van der Waals surface area (Å²) in [7, 11) is 0. The van der Waals surface area contributed by atoms with Crippen LogP contribution in [0.3, 0.4) is 0 Å². The lowest BCUT2D eigenvalue weighted by Gasteiger charge is -2.14. The Labute approximate surface area is 182 Å². The van der Waals surface area contributed by atoms with E-state index in [2.05, 4.69) is 9.98 Å². The number of carbonyl (C=O) groups excluding carboxylic acids is 2. The number of hydrogen-bond donors (Lipinski definition) is 0. The Balaban J connectivity index is 2.18. The Morgan fingerprint density at radius 1 is 1.22 bits per heavy atom. The molecule has 0 fully saturated rings. The first-order chi connectivity index (χ1) is 15.4. The van der Waals surface area contributed by atoms with Crippen molar-refractivity contribution in [2.45, 2.75) is 27.3 Å². The zero-order chi connectivity index (χ0) is 22.8. The summed E-state index contributed by atoms with van der Waals surface area (Å²) in [6.45, 7) is 5.34. The highest BCUT2D eigenvalue weighted by Gasteiger charge is 2.21. The van der Waals surface area contributed by atoms with Crippen LogP contribution in [0, 0.1) is 5.92 Å². The summed E-state index contributed by atoms with van der Waals surface area (Å²) in [6, 6.07) is 10.1. The standard InChI is InChI=1S/C23H22N4O5/c1-4-31-23(30)17-12-16-19(24-18-9-5-6-10-26(18)22(16)29)27(13-15-8-7-11-32-15)20(17)25-21(28)14(2)3/h5-12,14H,4,13H2,1-3H3. The van der Waals surface area contributed by atoms with Crippen molar-refractivity contribution < 1.29 is 18.7 Å². The molecule has 0 spiro atoms. The molecule has 1 amide bonds. The van der Waals surface area contributed by atoms with E-state index in [9.17, 15) is 14.4 Å². The van der Waals surface area contributed by atoms with Gasteiger partial charge in [0.25, 0.3) is 5.56 Å². The van der Waals surface area contributed by atoms with Gasteiger partial charge in [0.05, 0.1) is 24.8 Å². The molecule has 0 atom stereocenters. The largest absolute Gasteiger partial charge is 0.467 e. The average molecular weight is 434 g/mol. The summed E-state index contributed by atoms with van der Waals surface area (Å²) in [5, 5.41) is 0.194. The molecule has 0 bridgehead atoms. The first kappa shape index (κ1) is 21.2. The monoisotopic (exact) mass is 434 g/mol. The molecule has 0 unspecified atom stereocenters.